The Bertz CT molecular complexity index is 729. The van der Waals surface area contributed by atoms with Gasteiger partial charge in [0.2, 0.25) is 5.95 Å². The van der Waals surface area contributed by atoms with Gasteiger partial charge in [0, 0.05) is 29.4 Å². The number of nitrogens with zero attached hydrogens (tertiary/aromatic N) is 3. The molecule has 1 N–H and O–H groups in total. The maximum absolute atomic E-state index is 12.2. The van der Waals surface area contributed by atoms with Gasteiger partial charge in [-0.2, -0.15) is 0 Å². The number of hydrogen-bond donors (Lipinski definition) is 1. The molecule has 0 unspecified atom stereocenters. The van der Waals surface area contributed by atoms with E-state index in [4.69, 9.17) is 11.6 Å². The minimum absolute atomic E-state index is 0.159. The Labute approximate surface area is 147 Å². The summed E-state index contributed by atoms with van der Waals surface area (Å²) in [5, 5.41) is 3.44. The molecule has 0 bridgehead atoms. The van der Waals surface area contributed by atoms with Crippen LogP contribution in [0.2, 0.25) is 5.02 Å². The van der Waals surface area contributed by atoms with Gasteiger partial charge in [0.15, 0.2) is 0 Å². The Kier molecular flexibility index (Phi) is 5.30. The van der Waals surface area contributed by atoms with Gasteiger partial charge in [0.05, 0.1) is 12.2 Å². The molecule has 1 aliphatic heterocycles. The monoisotopic (exact) mass is 344 g/mol. The van der Waals surface area contributed by atoms with Crippen molar-refractivity contribution in [2.45, 2.75) is 32.7 Å². The number of anilines is 1. The Hall–Kier alpha value is -2.14. The molecule has 1 fully saturated rings. The van der Waals surface area contributed by atoms with Gasteiger partial charge in [-0.25, -0.2) is 9.97 Å². The lowest BCUT2D eigenvalue weighted by Gasteiger charge is -2.27. The lowest BCUT2D eigenvalue weighted by molar-refractivity contribution is 0.0950. The van der Waals surface area contributed by atoms with Crippen LogP contribution in [-0.4, -0.2) is 29.0 Å². The van der Waals surface area contributed by atoms with Crippen LogP contribution < -0.4 is 10.2 Å². The van der Waals surface area contributed by atoms with Crippen molar-refractivity contribution in [3.8, 4) is 0 Å². The first kappa shape index (κ1) is 16.7. The predicted octanol–water partition coefficient (Wildman–Crippen LogP) is 3.36. The van der Waals surface area contributed by atoms with Gasteiger partial charge in [-0.05, 0) is 50.5 Å². The fourth-order valence-corrected chi connectivity index (χ4v) is 3.04. The highest BCUT2D eigenvalue weighted by atomic mass is 35.5. The maximum atomic E-state index is 12.2. The average molecular weight is 345 g/mol. The van der Waals surface area contributed by atoms with E-state index in [1.165, 1.54) is 19.3 Å². The first-order valence-electron chi connectivity index (χ1n) is 8.25. The Morgan fingerprint density at radius 2 is 2.00 bits per heavy atom. The number of carbonyl (C=O) groups excluding carboxylic acids is 1. The second-order valence-electron chi connectivity index (χ2n) is 6.04. The summed E-state index contributed by atoms with van der Waals surface area (Å²) in [6.07, 6.45) is 3.63. The molecule has 2 heterocycles. The van der Waals surface area contributed by atoms with Crippen molar-refractivity contribution >= 4 is 23.5 Å². The highest BCUT2D eigenvalue weighted by Gasteiger charge is 2.15. The molecular formula is C18H21ClN4O. The summed E-state index contributed by atoms with van der Waals surface area (Å²) in [5.41, 5.74) is 2.28. The maximum Gasteiger partial charge on any atom is 0.251 e. The van der Waals surface area contributed by atoms with Crippen LogP contribution in [0, 0.1) is 6.92 Å². The molecule has 2 aromatic rings. The number of halogens is 1. The SMILES string of the molecule is Cc1cc(CNC(=O)c2cccc(Cl)c2)nc(N2CCCCC2)n1. The smallest absolute Gasteiger partial charge is 0.251 e. The molecule has 1 aromatic carbocycles. The minimum Gasteiger partial charge on any atom is -0.346 e. The molecule has 126 valence electrons. The normalized spacial score (nSPS) is 14.5. The van der Waals surface area contributed by atoms with Crippen LogP contribution >= 0.6 is 11.6 Å². The quantitative estimate of drug-likeness (QED) is 0.924. The van der Waals surface area contributed by atoms with Gasteiger partial charge >= 0.3 is 0 Å². The molecule has 3 rings (SSSR count). The zero-order valence-corrected chi connectivity index (χ0v) is 14.5. The largest absolute Gasteiger partial charge is 0.346 e. The molecule has 6 heteroatoms. The van der Waals surface area contributed by atoms with Gasteiger partial charge in [-0.1, -0.05) is 17.7 Å². The topological polar surface area (TPSA) is 58.1 Å². The number of rotatable bonds is 4. The number of piperidine rings is 1. The molecule has 1 aromatic heterocycles. The minimum atomic E-state index is -0.159. The van der Waals surface area contributed by atoms with Gasteiger partial charge in [0.1, 0.15) is 0 Å². The predicted molar refractivity (Wildman–Crippen MR) is 95.5 cm³/mol. The van der Waals surface area contributed by atoms with E-state index in [2.05, 4.69) is 20.2 Å². The zero-order valence-electron chi connectivity index (χ0n) is 13.8. The lowest BCUT2D eigenvalue weighted by atomic mass is 10.1. The van der Waals surface area contributed by atoms with Crippen molar-refractivity contribution in [1.29, 1.82) is 0 Å². The van der Waals surface area contributed by atoms with E-state index in [1.807, 2.05) is 13.0 Å². The number of carbonyl (C=O) groups is 1. The van der Waals surface area contributed by atoms with E-state index >= 15 is 0 Å². The van der Waals surface area contributed by atoms with Crippen molar-refractivity contribution in [3.63, 3.8) is 0 Å². The molecule has 0 atom stereocenters. The molecule has 24 heavy (non-hydrogen) atoms. The number of aryl methyl sites for hydroxylation is 1. The number of hydrogen-bond acceptors (Lipinski definition) is 4. The third-order valence-electron chi connectivity index (χ3n) is 4.05. The third-order valence-corrected chi connectivity index (χ3v) is 4.29. The Balaban J connectivity index is 1.68. The van der Waals surface area contributed by atoms with Gasteiger partial charge < -0.3 is 10.2 Å². The molecule has 0 spiro atoms. The third kappa shape index (κ3) is 4.23. The van der Waals surface area contributed by atoms with E-state index < -0.39 is 0 Å². The van der Waals surface area contributed by atoms with Crippen molar-refractivity contribution in [2.24, 2.45) is 0 Å². The first-order valence-corrected chi connectivity index (χ1v) is 8.63. The van der Waals surface area contributed by atoms with E-state index in [0.29, 0.717) is 17.1 Å². The van der Waals surface area contributed by atoms with E-state index in [9.17, 15) is 4.79 Å². The van der Waals surface area contributed by atoms with Crippen molar-refractivity contribution in [2.75, 3.05) is 18.0 Å². The molecule has 0 aliphatic carbocycles. The van der Waals surface area contributed by atoms with Crippen LogP contribution in [-0.2, 0) is 6.54 Å². The summed E-state index contributed by atoms with van der Waals surface area (Å²) < 4.78 is 0. The molecule has 0 saturated carbocycles. The summed E-state index contributed by atoms with van der Waals surface area (Å²) in [6.45, 7) is 4.32. The van der Waals surface area contributed by atoms with E-state index in [-0.39, 0.29) is 5.91 Å². The number of benzene rings is 1. The average Bonchev–Trinajstić information content (AvgIpc) is 2.60. The van der Waals surface area contributed by atoms with E-state index in [1.54, 1.807) is 24.3 Å². The second kappa shape index (κ2) is 7.62. The molecule has 1 amide bonds. The van der Waals surface area contributed by atoms with Gasteiger partial charge in [-0.3, -0.25) is 4.79 Å². The van der Waals surface area contributed by atoms with Crippen molar-refractivity contribution < 1.29 is 4.79 Å². The first-order chi connectivity index (χ1) is 11.6. The summed E-state index contributed by atoms with van der Waals surface area (Å²) in [4.78, 5) is 23.6. The van der Waals surface area contributed by atoms with E-state index in [0.717, 1.165) is 30.4 Å². The highest BCUT2D eigenvalue weighted by Crippen LogP contribution is 2.17. The van der Waals surface area contributed by atoms with Crippen LogP contribution in [0.3, 0.4) is 0 Å². The summed E-state index contributed by atoms with van der Waals surface area (Å²) in [7, 11) is 0. The number of aromatic nitrogens is 2. The van der Waals surface area contributed by atoms with Crippen LogP contribution in [0.25, 0.3) is 0 Å². The zero-order chi connectivity index (χ0) is 16.9. The summed E-state index contributed by atoms with van der Waals surface area (Å²) >= 11 is 5.93. The molecule has 1 saturated heterocycles. The summed E-state index contributed by atoms with van der Waals surface area (Å²) in [5.74, 6) is 0.606. The standard InChI is InChI=1S/C18H21ClN4O/c1-13-10-16(22-18(21-13)23-8-3-2-4-9-23)12-20-17(24)14-6-5-7-15(19)11-14/h5-7,10-11H,2-4,8-9,12H2,1H3,(H,20,24). The highest BCUT2D eigenvalue weighted by molar-refractivity contribution is 6.30. The molecule has 5 nitrogen and oxygen atoms in total. The molecule has 1 aliphatic rings. The van der Waals surface area contributed by atoms with Crippen molar-refractivity contribution in [1.82, 2.24) is 15.3 Å². The fourth-order valence-electron chi connectivity index (χ4n) is 2.85. The van der Waals surface area contributed by atoms with Crippen LogP contribution in [0.1, 0.15) is 41.0 Å². The molecule has 0 radical (unpaired) electrons. The van der Waals surface area contributed by atoms with Crippen LogP contribution in [0.4, 0.5) is 5.95 Å². The molecular weight excluding hydrogens is 324 g/mol. The van der Waals surface area contributed by atoms with Crippen molar-refractivity contribution in [3.05, 3.63) is 52.3 Å². The summed E-state index contributed by atoms with van der Waals surface area (Å²) in [6, 6.07) is 8.82. The fraction of sp³-hybridized carbons (Fsp3) is 0.389. The number of nitrogens with one attached hydrogen (secondary N) is 1. The van der Waals surface area contributed by atoms with Crippen LogP contribution in [0.5, 0.6) is 0 Å². The number of amides is 1. The van der Waals surface area contributed by atoms with Gasteiger partial charge in [-0.15, -0.1) is 0 Å². The Morgan fingerprint density at radius 1 is 1.21 bits per heavy atom. The Morgan fingerprint density at radius 3 is 2.75 bits per heavy atom. The van der Waals surface area contributed by atoms with Crippen LogP contribution in [0.15, 0.2) is 30.3 Å². The lowest BCUT2D eigenvalue weighted by Crippen LogP contribution is -2.32. The van der Waals surface area contributed by atoms with Gasteiger partial charge in [0.25, 0.3) is 5.91 Å². The second-order valence-corrected chi connectivity index (χ2v) is 6.48.